The maximum Gasteiger partial charge on any atom is 0.236 e. The number of carbonyl (C=O) groups is 1. The summed E-state index contributed by atoms with van der Waals surface area (Å²) in [6, 6.07) is 11.6. The van der Waals surface area contributed by atoms with Crippen LogP contribution >= 0.6 is 23.1 Å². The van der Waals surface area contributed by atoms with Crippen molar-refractivity contribution in [3.8, 4) is 11.4 Å². The lowest BCUT2D eigenvalue weighted by Crippen LogP contribution is -2.14. The Kier molecular flexibility index (Phi) is 4.63. The molecule has 0 aliphatic rings. The van der Waals surface area contributed by atoms with Crippen LogP contribution in [0.2, 0.25) is 0 Å². The van der Waals surface area contributed by atoms with E-state index in [1.165, 1.54) is 23.1 Å². The molecule has 130 valence electrons. The van der Waals surface area contributed by atoms with Crippen molar-refractivity contribution in [3.05, 3.63) is 48.8 Å². The number of thioether (sulfide) groups is 1. The van der Waals surface area contributed by atoms with Crippen LogP contribution in [0, 0.1) is 0 Å². The number of benzene rings is 1. The minimum absolute atomic E-state index is 0.125. The van der Waals surface area contributed by atoms with E-state index in [2.05, 4.69) is 25.5 Å². The van der Waals surface area contributed by atoms with Crippen molar-refractivity contribution in [1.29, 1.82) is 0 Å². The third kappa shape index (κ3) is 3.44. The van der Waals surface area contributed by atoms with Crippen molar-refractivity contribution in [2.75, 3.05) is 11.1 Å². The predicted molar refractivity (Wildman–Crippen MR) is 103 cm³/mol. The first-order valence-corrected chi connectivity index (χ1v) is 9.59. The summed E-state index contributed by atoms with van der Waals surface area (Å²) >= 11 is 2.79. The van der Waals surface area contributed by atoms with Crippen LogP contribution < -0.4 is 5.32 Å². The van der Waals surface area contributed by atoms with Gasteiger partial charge in [-0.25, -0.2) is 4.98 Å². The number of anilines is 1. The molecule has 4 aromatic rings. The van der Waals surface area contributed by atoms with Gasteiger partial charge in [0.15, 0.2) is 16.1 Å². The maximum atomic E-state index is 12.2. The molecule has 0 aliphatic heterocycles. The second kappa shape index (κ2) is 7.22. The van der Waals surface area contributed by atoms with Crippen LogP contribution in [-0.2, 0) is 11.8 Å². The Hall–Kier alpha value is -2.78. The second-order valence-corrected chi connectivity index (χ2v) is 7.40. The van der Waals surface area contributed by atoms with Gasteiger partial charge in [0.25, 0.3) is 0 Å². The number of fused-ring (bicyclic) bond motifs is 1. The van der Waals surface area contributed by atoms with Gasteiger partial charge in [-0.15, -0.1) is 10.2 Å². The van der Waals surface area contributed by atoms with E-state index in [0.717, 1.165) is 15.8 Å². The standard InChI is InChI=1S/C17H14N6OS2/c1-23-15(11-5-4-8-18-9-11)21-22-17(23)25-10-14(24)20-16-19-12-6-2-3-7-13(12)26-16/h2-9H,10H2,1H3,(H,19,20,24). The number of rotatable bonds is 5. The molecule has 0 fully saturated rings. The fourth-order valence-electron chi connectivity index (χ4n) is 2.40. The largest absolute Gasteiger partial charge is 0.305 e. The van der Waals surface area contributed by atoms with Crippen molar-refractivity contribution in [2.45, 2.75) is 5.16 Å². The van der Waals surface area contributed by atoms with Crippen molar-refractivity contribution in [2.24, 2.45) is 7.05 Å². The second-order valence-electron chi connectivity index (χ2n) is 5.43. The topological polar surface area (TPSA) is 85.6 Å². The number of aromatic nitrogens is 5. The molecule has 0 radical (unpaired) electrons. The molecule has 1 amide bonds. The zero-order valence-corrected chi connectivity index (χ0v) is 15.4. The summed E-state index contributed by atoms with van der Waals surface area (Å²) in [5.74, 6) is 0.821. The van der Waals surface area contributed by atoms with E-state index in [1.807, 2.05) is 48.0 Å². The first kappa shape index (κ1) is 16.7. The van der Waals surface area contributed by atoms with Gasteiger partial charge in [0.2, 0.25) is 5.91 Å². The van der Waals surface area contributed by atoms with Crippen LogP contribution in [0.5, 0.6) is 0 Å². The molecule has 26 heavy (non-hydrogen) atoms. The Morgan fingerprint density at radius 3 is 2.92 bits per heavy atom. The van der Waals surface area contributed by atoms with Gasteiger partial charge in [-0.3, -0.25) is 9.78 Å². The van der Waals surface area contributed by atoms with E-state index in [9.17, 15) is 4.79 Å². The normalized spacial score (nSPS) is 11.0. The molecule has 3 aromatic heterocycles. The molecule has 0 saturated carbocycles. The number of hydrogen-bond donors (Lipinski definition) is 1. The van der Waals surface area contributed by atoms with Crippen molar-refractivity contribution in [3.63, 3.8) is 0 Å². The molecule has 3 heterocycles. The lowest BCUT2D eigenvalue weighted by molar-refractivity contribution is -0.113. The molecule has 4 rings (SSSR count). The number of carbonyl (C=O) groups excluding carboxylic acids is 1. The summed E-state index contributed by atoms with van der Waals surface area (Å²) in [6.07, 6.45) is 3.44. The van der Waals surface area contributed by atoms with Gasteiger partial charge < -0.3 is 9.88 Å². The lowest BCUT2D eigenvalue weighted by atomic mass is 10.3. The zero-order valence-electron chi connectivity index (χ0n) is 13.8. The smallest absolute Gasteiger partial charge is 0.236 e. The van der Waals surface area contributed by atoms with Crippen molar-refractivity contribution in [1.82, 2.24) is 24.7 Å². The van der Waals surface area contributed by atoms with Gasteiger partial charge in [0.05, 0.1) is 16.0 Å². The zero-order chi connectivity index (χ0) is 17.9. The van der Waals surface area contributed by atoms with Gasteiger partial charge in [-0.1, -0.05) is 35.2 Å². The van der Waals surface area contributed by atoms with E-state index >= 15 is 0 Å². The molecule has 0 saturated heterocycles. The molecular formula is C17H14N6OS2. The number of para-hydroxylation sites is 1. The van der Waals surface area contributed by atoms with Crippen LogP contribution in [-0.4, -0.2) is 36.4 Å². The Labute approximate surface area is 157 Å². The minimum Gasteiger partial charge on any atom is -0.305 e. The highest BCUT2D eigenvalue weighted by Crippen LogP contribution is 2.26. The quantitative estimate of drug-likeness (QED) is 0.534. The molecule has 1 aromatic carbocycles. The van der Waals surface area contributed by atoms with E-state index in [-0.39, 0.29) is 11.7 Å². The van der Waals surface area contributed by atoms with Crippen LogP contribution in [0.3, 0.4) is 0 Å². The first-order chi connectivity index (χ1) is 12.7. The summed E-state index contributed by atoms with van der Waals surface area (Å²) in [6.45, 7) is 0. The summed E-state index contributed by atoms with van der Waals surface area (Å²) in [5, 5.41) is 12.5. The number of pyridine rings is 1. The van der Waals surface area contributed by atoms with Gasteiger partial charge in [0, 0.05) is 25.0 Å². The maximum absolute atomic E-state index is 12.2. The summed E-state index contributed by atoms with van der Waals surface area (Å²) in [5.41, 5.74) is 1.77. The van der Waals surface area contributed by atoms with Gasteiger partial charge in [-0.05, 0) is 24.3 Å². The summed E-state index contributed by atoms with van der Waals surface area (Å²) < 4.78 is 2.90. The summed E-state index contributed by atoms with van der Waals surface area (Å²) in [7, 11) is 1.87. The molecule has 0 aliphatic carbocycles. The number of thiazole rings is 1. The van der Waals surface area contributed by atoms with Crippen molar-refractivity contribution < 1.29 is 4.79 Å². The molecule has 9 heteroatoms. The fraction of sp³-hybridized carbons (Fsp3) is 0.118. The SMILES string of the molecule is Cn1c(SCC(=O)Nc2nc3ccccc3s2)nnc1-c1cccnc1. The Morgan fingerprint density at radius 2 is 2.12 bits per heavy atom. The highest BCUT2D eigenvalue weighted by atomic mass is 32.2. The Bertz CT molecular complexity index is 1030. The fourth-order valence-corrected chi connectivity index (χ4v) is 3.99. The molecule has 0 bridgehead atoms. The minimum atomic E-state index is -0.125. The third-order valence-electron chi connectivity index (χ3n) is 3.63. The first-order valence-electron chi connectivity index (χ1n) is 7.79. The van der Waals surface area contributed by atoms with Gasteiger partial charge >= 0.3 is 0 Å². The van der Waals surface area contributed by atoms with Crippen LogP contribution in [0.1, 0.15) is 0 Å². The number of nitrogens with zero attached hydrogens (tertiary/aromatic N) is 5. The predicted octanol–water partition coefficient (Wildman–Crippen LogP) is 3.22. The van der Waals surface area contributed by atoms with E-state index in [0.29, 0.717) is 16.1 Å². The average Bonchev–Trinajstić information content (AvgIpc) is 3.23. The molecule has 0 spiro atoms. The van der Waals surface area contributed by atoms with Crippen LogP contribution in [0.4, 0.5) is 5.13 Å². The van der Waals surface area contributed by atoms with Crippen LogP contribution in [0.15, 0.2) is 53.9 Å². The number of amides is 1. The van der Waals surface area contributed by atoms with E-state index in [1.54, 1.807) is 12.4 Å². The highest BCUT2D eigenvalue weighted by molar-refractivity contribution is 7.99. The monoisotopic (exact) mass is 382 g/mol. The number of nitrogens with one attached hydrogen (secondary N) is 1. The molecule has 0 unspecified atom stereocenters. The molecule has 1 N–H and O–H groups in total. The lowest BCUT2D eigenvalue weighted by Gasteiger charge is -2.03. The number of hydrogen-bond acceptors (Lipinski definition) is 7. The third-order valence-corrected chi connectivity index (χ3v) is 5.60. The van der Waals surface area contributed by atoms with Gasteiger partial charge in [0.1, 0.15) is 0 Å². The molecule has 0 atom stereocenters. The highest BCUT2D eigenvalue weighted by Gasteiger charge is 2.14. The molecular weight excluding hydrogens is 368 g/mol. The molecule has 7 nitrogen and oxygen atoms in total. The summed E-state index contributed by atoms with van der Waals surface area (Å²) in [4.78, 5) is 20.7. The van der Waals surface area contributed by atoms with Gasteiger partial charge in [-0.2, -0.15) is 0 Å². The van der Waals surface area contributed by atoms with E-state index in [4.69, 9.17) is 0 Å². The Balaban J connectivity index is 1.41. The average molecular weight is 382 g/mol. The van der Waals surface area contributed by atoms with E-state index < -0.39 is 0 Å². The van der Waals surface area contributed by atoms with Crippen LogP contribution in [0.25, 0.3) is 21.6 Å². The Morgan fingerprint density at radius 1 is 1.23 bits per heavy atom. The van der Waals surface area contributed by atoms with Crippen molar-refractivity contribution >= 4 is 44.4 Å².